The van der Waals surface area contributed by atoms with E-state index in [1.807, 2.05) is 24.4 Å². The van der Waals surface area contributed by atoms with Crippen LogP contribution in [0.15, 0.2) is 56.6 Å². The molecule has 2 rings (SSSR count). The Bertz CT molecular complexity index is 380. The summed E-state index contributed by atoms with van der Waals surface area (Å²) in [6.45, 7) is 4.15. The molecule has 1 aromatic rings. The summed E-state index contributed by atoms with van der Waals surface area (Å²) in [5.41, 5.74) is -0.152. The SMILES string of the molecule is CC1(C)N=NC=C1Sc1ccccc1. The van der Waals surface area contributed by atoms with E-state index in [9.17, 15) is 0 Å². The monoisotopic (exact) mass is 204 g/mol. The lowest BCUT2D eigenvalue weighted by Crippen LogP contribution is -2.14. The third-order valence-corrected chi connectivity index (χ3v) is 3.39. The molecule has 1 aliphatic rings. The van der Waals surface area contributed by atoms with Gasteiger partial charge in [0.25, 0.3) is 0 Å². The molecule has 0 aromatic heterocycles. The van der Waals surface area contributed by atoms with Gasteiger partial charge in [0, 0.05) is 9.80 Å². The Hall–Kier alpha value is -1.09. The highest BCUT2D eigenvalue weighted by Crippen LogP contribution is 2.39. The Morgan fingerprint density at radius 3 is 2.43 bits per heavy atom. The molecule has 0 saturated heterocycles. The molecular weight excluding hydrogens is 192 g/mol. The van der Waals surface area contributed by atoms with Crippen molar-refractivity contribution in [3.8, 4) is 0 Å². The third kappa shape index (κ3) is 1.87. The zero-order chi connectivity index (χ0) is 10.0. The molecule has 0 amide bonds. The highest BCUT2D eigenvalue weighted by Gasteiger charge is 2.27. The topological polar surface area (TPSA) is 24.7 Å². The standard InChI is InChI=1S/C11H12N2S/c1-11(2)10(8-12-13-11)14-9-6-4-3-5-7-9/h3-8H,1-2H3. The van der Waals surface area contributed by atoms with Crippen molar-refractivity contribution in [2.45, 2.75) is 24.3 Å². The number of thioether (sulfide) groups is 1. The van der Waals surface area contributed by atoms with E-state index in [4.69, 9.17) is 0 Å². The molecule has 0 bridgehead atoms. The fourth-order valence-corrected chi connectivity index (χ4v) is 2.14. The number of azo groups is 1. The first-order valence-electron chi connectivity index (χ1n) is 4.54. The normalized spacial score (nSPS) is 18.3. The smallest absolute Gasteiger partial charge is 0.109 e. The van der Waals surface area contributed by atoms with Gasteiger partial charge in [0.15, 0.2) is 0 Å². The molecule has 0 N–H and O–H groups in total. The summed E-state index contributed by atoms with van der Waals surface area (Å²) in [5, 5.41) is 8.11. The van der Waals surface area contributed by atoms with Crippen LogP contribution in [-0.2, 0) is 0 Å². The average molecular weight is 204 g/mol. The van der Waals surface area contributed by atoms with Gasteiger partial charge in [0.1, 0.15) is 5.54 Å². The molecule has 1 aromatic carbocycles. The molecule has 72 valence electrons. The zero-order valence-corrected chi connectivity index (χ0v) is 9.08. The Morgan fingerprint density at radius 1 is 1.14 bits per heavy atom. The minimum Gasteiger partial charge on any atom is -0.178 e. The Morgan fingerprint density at radius 2 is 1.86 bits per heavy atom. The van der Waals surface area contributed by atoms with Crippen molar-refractivity contribution in [3.63, 3.8) is 0 Å². The minimum absolute atomic E-state index is 0.152. The van der Waals surface area contributed by atoms with Crippen LogP contribution in [0.1, 0.15) is 13.8 Å². The van der Waals surface area contributed by atoms with Gasteiger partial charge < -0.3 is 0 Å². The second-order valence-corrected chi connectivity index (χ2v) is 4.80. The summed E-state index contributed by atoms with van der Waals surface area (Å²) < 4.78 is 0. The van der Waals surface area contributed by atoms with Crippen LogP contribution in [0.5, 0.6) is 0 Å². The first-order valence-corrected chi connectivity index (χ1v) is 5.36. The third-order valence-electron chi connectivity index (χ3n) is 2.06. The van der Waals surface area contributed by atoms with Crippen molar-refractivity contribution >= 4 is 11.8 Å². The van der Waals surface area contributed by atoms with Gasteiger partial charge in [-0.1, -0.05) is 30.0 Å². The quantitative estimate of drug-likeness (QED) is 0.717. The second kappa shape index (κ2) is 3.58. The van der Waals surface area contributed by atoms with Crippen LogP contribution >= 0.6 is 11.8 Å². The van der Waals surface area contributed by atoms with E-state index in [1.165, 1.54) is 9.80 Å². The number of hydrogen-bond donors (Lipinski definition) is 0. The fraction of sp³-hybridized carbons (Fsp3) is 0.273. The minimum atomic E-state index is -0.152. The highest BCUT2D eigenvalue weighted by molar-refractivity contribution is 8.03. The molecule has 0 atom stereocenters. The predicted octanol–water partition coefficient (Wildman–Crippen LogP) is 3.86. The maximum atomic E-state index is 4.16. The Balaban J connectivity index is 2.14. The van der Waals surface area contributed by atoms with Crippen LogP contribution in [-0.4, -0.2) is 5.54 Å². The van der Waals surface area contributed by atoms with E-state index in [1.54, 1.807) is 11.8 Å². The first kappa shape index (κ1) is 9.46. The number of benzene rings is 1. The van der Waals surface area contributed by atoms with Gasteiger partial charge in [-0.15, -0.1) is 0 Å². The molecule has 3 heteroatoms. The highest BCUT2D eigenvalue weighted by atomic mass is 32.2. The van der Waals surface area contributed by atoms with Crippen molar-refractivity contribution in [3.05, 3.63) is 41.4 Å². The summed E-state index contributed by atoms with van der Waals surface area (Å²) >= 11 is 1.73. The van der Waals surface area contributed by atoms with Crippen molar-refractivity contribution in [2.24, 2.45) is 10.2 Å². The Labute approximate surface area is 88.1 Å². The van der Waals surface area contributed by atoms with Crippen molar-refractivity contribution in [1.29, 1.82) is 0 Å². The summed E-state index contributed by atoms with van der Waals surface area (Å²) in [7, 11) is 0. The number of nitrogens with zero attached hydrogens (tertiary/aromatic N) is 2. The molecule has 0 spiro atoms. The molecule has 0 saturated carbocycles. The van der Waals surface area contributed by atoms with E-state index in [0.29, 0.717) is 0 Å². The maximum Gasteiger partial charge on any atom is 0.109 e. The molecule has 0 aliphatic carbocycles. The Kier molecular flexibility index (Phi) is 2.42. The van der Waals surface area contributed by atoms with E-state index in [2.05, 4.69) is 36.2 Å². The van der Waals surface area contributed by atoms with Gasteiger partial charge in [-0.05, 0) is 26.0 Å². The zero-order valence-electron chi connectivity index (χ0n) is 8.27. The van der Waals surface area contributed by atoms with Crippen LogP contribution in [0.4, 0.5) is 0 Å². The molecular formula is C11H12N2S. The van der Waals surface area contributed by atoms with Gasteiger partial charge >= 0.3 is 0 Å². The maximum absolute atomic E-state index is 4.16. The van der Waals surface area contributed by atoms with Crippen LogP contribution in [0.3, 0.4) is 0 Å². The summed E-state index contributed by atoms with van der Waals surface area (Å²) in [6.07, 6.45) is 1.84. The van der Waals surface area contributed by atoms with E-state index in [0.717, 1.165) is 0 Å². The van der Waals surface area contributed by atoms with Crippen molar-refractivity contribution < 1.29 is 0 Å². The number of hydrogen-bond acceptors (Lipinski definition) is 3. The van der Waals surface area contributed by atoms with E-state index < -0.39 is 0 Å². The van der Waals surface area contributed by atoms with Crippen LogP contribution < -0.4 is 0 Å². The van der Waals surface area contributed by atoms with E-state index >= 15 is 0 Å². The predicted molar refractivity (Wildman–Crippen MR) is 59.3 cm³/mol. The van der Waals surface area contributed by atoms with Gasteiger partial charge in [-0.3, -0.25) is 0 Å². The molecule has 0 radical (unpaired) electrons. The molecule has 0 fully saturated rings. The van der Waals surface area contributed by atoms with Gasteiger partial charge in [0.2, 0.25) is 0 Å². The fourth-order valence-electron chi connectivity index (χ4n) is 1.20. The summed E-state index contributed by atoms with van der Waals surface area (Å²) in [5.74, 6) is 0. The molecule has 14 heavy (non-hydrogen) atoms. The summed E-state index contributed by atoms with van der Waals surface area (Å²) in [6, 6.07) is 10.3. The molecule has 1 heterocycles. The van der Waals surface area contributed by atoms with Gasteiger partial charge in [-0.25, -0.2) is 0 Å². The lowest BCUT2D eigenvalue weighted by Gasteiger charge is -2.16. The second-order valence-electron chi connectivity index (χ2n) is 3.68. The van der Waals surface area contributed by atoms with E-state index in [-0.39, 0.29) is 5.54 Å². The van der Waals surface area contributed by atoms with Crippen LogP contribution in [0, 0.1) is 0 Å². The summed E-state index contributed by atoms with van der Waals surface area (Å²) in [4.78, 5) is 2.43. The van der Waals surface area contributed by atoms with Crippen molar-refractivity contribution in [1.82, 2.24) is 0 Å². The van der Waals surface area contributed by atoms with Crippen molar-refractivity contribution in [2.75, 3.05) is 0 Å². The molecule has 2 nitrogen and oxygen atoms in total. The lowest BCUT2D eigenvalue weighted by atomic mass is 10.1. The first-order chi connectivity index (χ1) is 6.68. The lowest BCUT2D eigenvalue weighted by molar-refractivity contribution is 0.635. The van der Waals surface area contributed by atoms with Crippen LogP contribution in [0.2, 0.25) is 0 Å². The van der Waals surface area contributed by atoms with Gasteiger partial charge in [0.05, 0.1) is 6.20 Å². The molecule has 0 unspecified atom stereocenters. The number of rotatable bonds is 2. The van der Waals surface area contributed by atoms with Crippen LogP contribution in [0.25, 0.3) is 0 Å². The largest absolute Gasteiger partial charge is 0.178 e. The van der Waals surface area contributed by atoms with Gasteiger partial charge in [-0.2, -0.15) is 10.2 Å². The molecule has 1 aliphatic heterocycles. The average Bonchev–Trinajstić information content (AvgIpc) is 2.48.